The van der Waals surface area contributed by atoms with Crippen molar-refractivity contribution in [3.8, 4) is 0 Å². The first-order valence-corrected chi connectivity index (χ1v) is 9.62. The highest BCUT2D eigenvalue weighted by Crippen LogP contribution is 2.29. The normalized spacial score (nSPS) is 16.6. The maximum absolute atomic E-state index is 6.11. The molecular formula is C19H24Cl2N6O. The predicted molar refractivity (Wildman–Crippen MR) is 110 cm³/mol. The Hall–Kier alpha value is -1.93. The van der Waals surface area contributed by atoms with Gasteiger partial charge in [-0.05, 0) is 46.8 Å². The molecule has 0 bridgehead atoms. The van der Waals surface area contributed by atoms with Crippen LogP contribution in [0.2, 0.25) is 5.02 Å². The lowest BCUT2D eigenvalue weighted by atomic mass is 10.0. The van der Waals surface area contributed by atoms with Gasteiger partial charge >= 0.3 is 0 Å². The molecule has 0 radical (unpaired) electrons. The Kier molecular flexibility index (Phi) is 7.07. The van der Waals surface area contributed by atoms with Crippen molar-refractivity contribution in [3.05, 3.63) is 64.8 Å². The minimum Gasteiger partial charge on any atom is -0.467 e. The zero-order valence-corrected chi connectivity index (χ0v) is 17.3. The van der Waals surface area contributed by atoms with Gasteiger partial charge in [0.15, 0.2) is 5.82 Å². The fourth-order valence-corrected chi connectivity index (χ4v) is 3.70. The highest BCUT2D eigenvalue weighted by molar-refractivity contribution is 6.30. The molecule has 1 fully saturated rings. The first-order chi connectivity index (χ1) is 13.2. The fourth-order valence-electron chi connectivity index (χ4n) is 3.58. The minimum atomic E-state index is -0.0220. The van der Waals surface area contributed by atoms with Crippen LogP contribution in [0, 0.1) is 0 Å². The van der Waals surface area contributed by atoms with Gasteiger partial charge in [-0.3, -0.25) is 4.90 Å². The quantitative estimate of drug-likeness (QED) is 0.607. The van der Waals surface area contributed by atoms with E-state index in [-0.39, 0.29) is 18.4 Å². The van der Waals surface area contributed by atoms with Crippen molar-refractivity contribution in [1.29, 1.82) is 0 Å². The molecule has 0 N–H and O–H groups in total. The maximum atomic E-state index is 6.11. The van der Waals surface area contributed by atoms with E-state index < -0.39 is 0 Å². The molecule has 3 heterocycles. The van der Waals surface area contributed by atoms with E-state index in [9.17, 15) is 0 Å². The Bertz CT molecular complexity index is 844. The van der Waals surface area contributed by atoms with Gasteiger partial charge in [-0.1, -0.05) is 30.7 Å². The van der Waals surface area contributed by atoms with E-state index in [4.69, 9.17) is 16.0 Å². The molecule has 0 amide bonds. The van der Waals surface area contributed by atoms with Gasteiger partial charge in [-0.25, -0.2) is 4.68 Å². The van der Waals surface area contributed by atoms with Crippen molar-refractivity contribution < 1.29 is 4.42 Å². The van der Waals surface area contributed by atoms with E-state index >= 15 is 0 Å². The van der Waals surface area contributed by atoms with E-state index in [0.717, 1.165) is 54.9 Å². The molecule has 150 valence electrons. The summed E-state index contributed by atoms with van der Waals surface area (Å²) in [6.45, 7) is 7.81. The first-order valence-electron chi connectivity index (χ1n) is 9.25. The molecule has 4 rings (SSSR count). The van der Waals surface area contributed by atoms with Gasteiger partial charge in [-0.15, -0.1) is 17.5 Å². The van der Waals surface area contributed by atoms with Crippen molar-refractivity contribution in [1.82, 2.24) is 30.0 Å². The highest BCUT2D eigenvalue weighted by atomic mass is 35.5. The van der Waals surface area contributed by atoms with Crippen LogP contribution in [0.25, 0.3) is 0 Å². The number of aromatic nitrogens is 4. The molecule has 1 aliphatic rings. The number of hydrogen-bond acceptors (Lipinski definition) is 6. The van der Waals surface area contributed by atoms with Crippen molar-refractivity contribution >= 4 is 24.0 Å². The van der Waals surface area contributed by atoms with Gasteiger partial charge < -0.3 is 9.32 Å². The molecule has 3 aromatic rings. The Morgan fingerprint density at radius 1 is 1.11 bits per heavy atom. The highest BCUT2D eigenvalue weighted by Gasteiger charge is 2.30. The number of tetrazole rings is 1. The molecule has 9 heteroatoms. The van der Waals surface area contributed by atoms with Crippen molar-refractivity contribution in [2.75, 3.05) is 32.7 Å². The van der Waals surface area contributed by atoms with Crippen molar-refractivity contribution in [2.24, 2.45) is 0 Å². The van der Waals surface area contributed by atoms with Crippen LogP contribution in [-0.2, 0) is 6.54 Å². The number of piperazine rings is 1. The zero-order chi connectivity index (χ0) is 18.6. The van der Waals surface area contributed by atoms with Crippen LogP contribution in [0.3, 0.4) is 0 Å². The molecule has 1 aromatic carbocycles. The zero-order valence-electron chi connectivity index (χ0n) is 15.7. The van der Waals surface area contributed by atoms with E-state index in [1.807, 2.05) is 28.9 Å². The molecule has 1 aliphatic heterocycles. The molecular weight excluding hydrogens is 399 g/mol. The largest absolute Gasteiger partial charge is 0.467 e. The summed E-state index contributed by atoms with van der Waals surface area (Å²) in [5, 5.41) is 13.3. The molecule has 1 atom stereocenters. The summed E-state index contributed by atoms with van der Waals surface area (Å²) >= 11 is 6.11. The Morgan fingerprint density at radius 2 is 1.86 bits per heavy atom. The van der Waals surface area contributed by atoms with Gasteiger partial charge in [0.25, 0.3) is 0 Å². The van der Waals surface area contributed by atoms with Gasteiger partial charge in [-0.2, -0.15) is 0 Å². The molecule has 0 aliphatic carbocycles. The molecule has 2 aromatic heterocycles. The van der Waals surface area contributed by atoms with E-state index in [2.05, 4.69) is 44.4 Å². The lowest BCUT2D eigenvalue weighted by molar-refractivity contribution is 0.108. The summed E-state index contributed by atoms with van der Waals surface area (Å²) in [4.78, 5) is 4.90. The molecule has 0 spiro atoms. The van der Waals surface area contributed by atoms with E-state index in [1.165, 1.54) is 0 Å². The van der Waals surface area contributed by atoms with Crippen molar-refractivity contribution in [3.63, 3.8) is 0 Å². The molecule has 1 saturated heterocycles. The summed E-state index contributed by atoms with van der Waals surface area (Å²) in [5.41, 5.74) is 1.14. The average Bonchev–Trinajstić information content (AvgIpc) is 3.37. The van der Waals surface area contributed by atoms with Crippen LogP contribution >= 0.6 is 24.0 Å². The topological polar surface area (TPSA) is 63.2 Å². The number of benzene rings is 1. The lowest BCUT2D eigenvalue weighted by Gasteiger charge is -2.38. The lowest BCUT2D eigenvalue weighted by Crippen LogP contribution is -2.48. The molecule has 1 unspecified atom stereocenters. The van der Waals surface area contributed by atoms with Crippen LogP contribution < -0.4 is 0 Å². The van der Waals surface area contributed by atoms with Crippen LogP contribution in [0.15, 0.2) is 47.1 Å². The minimum absolute atomic E-state index is 0. The third-order valence-corrected chi connectivity index (χ3v) is 5.35. The van der Waals surface area contributed by atoms with Gasteiger partial charge in [0.2, 0.25) is 0 Å². The van der Waals surface area contributed by atoms with Crippen LogP contribution in [0.1, 0.15) is 30.1 Å². The number of halogens is 2. The Morgan fingerprint density at radius 3 is 2.50 bits per heavy atom. The summed E-state index contributed by atoms with van der Waals surface area (Å²) in [6, 6.07) is 11.8. The average molecular weight is 423 g/mol. The Balaban J connectivity index is 0.00000225. The van der Waals surface area contributed by atoms with Crippen LogP contribution in [0.4, 0.5) is 0 Å². The van der Waals surface area contributed by atoms with Crippen LogP contribution in [-0.4, -0.2) is 62.7 Å². The fraction of sp³-hybridized carbons (Fsp3) is 0.421. The summed E-state index contributed by atoms with van der Waals surface area (Å²) < 4.78 is 7.31. The standard InChI is InChI=1S/C19H23ClN6O.ClH/c1-2-24-9-11-25(12-10-24)18(15-5-7-16(20)8-6-15)19-21-22-23-26(19)14-17-4-3-13-27-17;/h3-8,13,18H,2,9-12,14H2,1H3;1H. The third kappa shape index (κ3) is 4.55. The van der Waals surface area contributed by atoms with Gasteiger partial charge in [0.1, 0.15) is 12.3 Å². The smallest absolute Gasteiger partial charge is 0.173 e. The monoisotopic (exact) mass is 422 g/mol. The van der Waals surface area contributed by atoms with Crippen LogP contribution in [0.5, 0.6) is 0 Å². The second-order valence-electron chi connectivity index (χ2n) is 6.70. The summed E-state index contributed by atoms with van der Waals surface area (Å²) in [7, 11) is 0. The predicted octanol–water partition coefficient (Wildman–Crippen LogP) is 3.12. The summed E-state index contributed by atoms with van der Waals surface area (Å²) in [5.74, 6) is 1.65. The second kappa shape index (κ2) is 9.52. The third-order valence-electron chi connectivity index (χ3n) is 5.09. The molecule has 7 nitrogen and oxygen atoms in total. The molecule has 28 heavy (non-hydrogen) atoms. The number of rotatable bonds is 6. The van der Waals surface area contributed by atoms with Crippen molar-refractivity contribution in [2.45, 2.75) is 19.5 Å². The Labute approximate surface area is 175 Å². The van der Waals surface area contributed by atoms with Gasteiger partial charge in [0.05, 0.1) is 12.3 Å². The van der Waals surface area contributed by atoms with E-state index in [1.54, 1.807) is 6.26 Å². The summed E-state index contributed by atoms with van der Waals surface area (Å²) in [6.07, 6.45) is 1.67. The van der Waals surface area contributed by atoms with E-state index in [0.29, 0.717) is 6.54 Å². The van der Waals surface area contributed by atoms with Gasteiger partial charge in [0, 0.05) is 31.2 Å². The first kappa shape index (κ1) is 20.8. The number of nitrogens with zero attached hydrogens (tertiary/aromatic N) is 6. The molecule has 0 saturated carbocycles. The number of likely N-dealkylation sites (N-methyl/N-ethyl adjacent to an activating group) is 1. The second-order valence-corrected chi connectivity index (χ2v) is 7.13. The number of furan rings is 1. The SMILES string of the molecule is CCN1CCN(C(c2ccc(Cl)cc2)c2nnnn2Cc2ccco2)CC1.Cl. The maximum Gasteiger partial charge on any atom is 0.173 e. The number of hydrogen-bond donors (Lipinski definition) is 0.